The zero-order chi connectivity index (χ0) is 11.0. The summed E-state index contributed by atoms with van der Waals surface area (Å²) in [5.41, 5.74) is 1.12. The molecule has 2 nitrogen and oxygen atoms in total. The van der Waals surface area contributed by atoms with Crippen molar-refractivity contribution in [2.24, 2.45) is 0 Å². The first-order valence-electron chi connectivity index (χ1n) is 4.60. The van der Waals surface area contributed by atoms with Crippen LogP contribution in [0.1, 0.15) is 26.3 Å². The van der Waals surface area contributed by atoms with Gasteiger partial charge in [0, 0.05) is 9.64 Å². The van der Waals surface area contributed by atoms with Gasteiger partial charge in [0.2, 0.25) is 0 Å². The summed E-state index contributed by atoms with van der Waals surface area (Å²) in [5, 5.41) is 0. The molecule has 1 aromatic rings. The Morgan fingerprint density at radius 2 is 1.57 bits per heavy atom. The van der Waals surface area contributed by atoms with Crippen LogP contribution in [0.25, 0.3) is 0 Å². The van der Waals surface area contributed by atoms with E-state index < -0.39 is 14.5 Å². The van der Waals surface area contributed by atoms with Crippen LogP contribution in [0.2, 0.25) is 0 Å². The van der Waals surface area contributed by atoms with E-state index >= 15 is 0 Å². The highest BCUT2D eigenvalue weighted by Crippen LogP contribution is 2.25. The van der Waals surface area contributed by atoms with Gasteiger partial charge in [0.05, 0.1) is 9.73 Å². The highest BCUT2D eigenvalue weighted by Gasteiger charge is 2.26. The molecule has 0 aromatic heterocycles. The van der Waals surface area contributed by atoms with Gasteiger partial charge < -0.3 is 0 Å². The Kier molecular flexibility index (Phi) is 2.72. The highest BCUT2D eigenvalue weighted by molar-refractivity contribution is 7.93. The second-order valence-corrected chi connectivity index (χ2v) is 7.29. The first-order valence-corrected chi connectivity index (χ1v) is 6.16. The Morgan fingerprint density at radius 3 is 1.93 bits per heavy atom. The Labute approximate surface area is 86.3 Å². The molecule has 1 rings (SSSR count). The van der Waals surface area contributed by atoms with E-state index in [1.807, 2.05) is 39.8 Å². The second kappa shape index (κ2) is 3.39. The van der Waals surface area contributed by atoms with Crippen LogP contribution < -0.4 is 0 Å². The van der Waals surface area contributed by atoms with Crippen molar-refractivity contribution in [3.05, 3.63) is 29.8 Å². The summed E-state index contributed by atoms with van der Waals surface area (Å²) < 4.78 is 19.6. The molecule has 1 unspecified atom stereocenters. The molecule has 0 saturated heterocycles. The summed E-state index contributed by atoms with van der Waals surface area (Å²) in [6.07, 6.45) is 0. The topological polar surface area (TPSA) is 40.9 Å². The zero-order valence-corrected chi connectivity index (χ0v) is 9.94. The van der Waals surface area contributed by atoms with Crippen LogP contribution in [0, 0.1) is 11.7 Å². The maximum atomic E-state index is 12.2. The number of hydrogen-bond acceptors (Lipinski definition) is 2. The van der Waals surface area contributed by atoms with E-state index in [2.05, 4.69) is 0 Å². The van der Waals surface area contributed by atoms with Gasteiger partial charge in [-0.2, -0.15) is 0 Å². The van der Waals surface area contributed by atoms with Gasteiger partial charge in [-0.1, -0.05) is 17.7 Å². The van der Waals surface area contributed by atoms with Crippen molar-refractivity contribution in [3.8, 4) is 0 Å². The summed E-state index contributed by atoms with van der Waals surface area (Å²) in [5.74, 6) is 0. The van der Waals surface area contributed by atoms with Crippen LogP contribution in [0.15, 0.2) is 29.2 Å². The molecule has 0 radical (unpaired) electrons. The molecule has 1 atom stereocenters. The SMILES string of the molecule is Cc1ccc(S(=N)(=O)C(C)(C)C)cc1. The van der Waals surface area contributed by atoms with Crippen LogP contribution in [0.3, 0.4) is 0 Å². The summed E-state index contributed by atoms with van der Waals surface area (Å²) in [6, 6.07) is 7.37. The van der Waals surface area contributed by atoms with Crippen LogP contribution in [0.5, 0.6) is 0 Å². The Hall–Kier alpha value is -0.830. The molecular weight excluding hydrogens is 194 g/mol. The van der Waals surface area contributed by atoms with Gasteiger partial charge in [0.25, 0.3) is 0 Å². The van der Waals surface area contributed by atoms with Gasteiger partial charge in [-0.3, -0.25) is 0 Å². The van der Waals surface area contributed by atoms with E-state index in [-0.39, 0.29) is 0 Å². The molecular formula is C11H17NOS. The highest BCUT2D eigenvalue weighted by atomic mass is 32.2. The van der Waals surface area contributed by atoms with Crippen molar-refractivity contribution in [3.63, 3.8) is 0 Å². The van der Waals surface area contributed by atoms with Crippen molar-refractivity contribution in [2.75, 3.05) is 0 Å². The number of rotatable bonds is 1. The standard InChI is InChI=1S/C11H17NOS/c1-9-5-7-10(8-6-9)14(12,13)11(2,3)4/h5-8,12H,1-4H3. The average molecular weight is 211 g/mol. The lowest BCUT2D eigenvalue weighted by molar-refractivity contribution is 0.637. The van der Waals surface area contributed by atoms with Crippen molar-refractivity contribution >= 4 is 9.73 Å². The minimum Gasteiger partial charge on any atom is -0.248 e. The van der Waals surface area contributed by atoms with E-state index in [0.29, 0.717) is 4.90 Å². The average Bonchev–Trinajstić information content (AvgIpc) is 2.03. The molecule has 78 valence electrons. The lowest BCUT2D eigenvalue weighted by Crippen LogP contribution is -2.26. The molecule has 0 aliphatic heterocycles. The molecule has 0 bridgehead atoms. The molecule has 3 heteroatoms. The summed E-state index contributed by atoms with van der Waals surface area (Å²) in [6.45, 7) is 7.49. The number of benzene rings is 1. The monoisotopic (exact) mass is 211 g/mol. The maximum absolute atomic E-state index is 12.2. The lowest BCUT2D eigenvalue weighted by Gasteiger charge is -2.22. The van der Waals surface area contributed by atoms with Crippen molar-refractivity contribution < 1.29 is 4.21 Å². The van der Waals surface area contributed by atoms with Crippen molar-refractivity contribution in [1.82, 2.24) is 0 Å². The molecule has 1 aromatic carbocycles. The third kappa shape index (κ3) is 1.98. The van der Waals surface area contributed by atoms with E-state index in [1.165, 1.54) is 0 Å². The van der Waals surface area contributed by atoms with E-state index in [0.717, 1.165) is 5.56 Å². The molecule has 1 N–H and O–H groups in total. The van der Waals surface area contributed by atoms with Crippen LogP contribution >= 0.6 is 0 Å². The first-order chi connectivity index (χ1) is 6.25. The maximum Gasteiger partial charge on any atom is 0.0776 e. The predicted octanol–water partition coefficient (Wildman–Crippen LogP) is 3.20. The predicted molar refractivity (Wildman–Crippen MR) is 60.1 cm³/mol. The second-order valence-electron chi connectivity index (χ2n) is 4.48. The summed E-state index contributed by atoms with van der Waals surface area (Å²) in [7, 11) is -2.69. The minimum atomic E-state index is -2.69. The van der Waals surface area contributed by atoms with Gasteiger partial charge in [0.15, 0.2) is 0 Å². The summed E-state index contributed by atoms with van der Waals surface area (Å²) in [4.78, 5) is 0.621. The molecule has 14 heavy (non-hydrogen) atoms. The molecule has 0 saturated carbocycles. The number of nitrogens with one attached hydrogen (secondary N) is 1. The fraction of sp³-hybridized carbons (Fsp3) is 0.455. The summed E-state index contributed by atoms with van der Waals surface area (Å²) >= 11 is 0. The Bertz CT molecular complexity index is 410. The zero-order valence-electron chi connectivity index (χ0n) is 9.13. The molecule has 0 aliphatic rings. The smallest absolute Gasteiger partial charge is 0.0776 e. The van der Waals surface area contributed by atoms with Crippen LogP contribution in [-0.4, -0.2) is 8.96 Å². The molecule has 0 fully saturated rings. The minimum absolute atomic E-state index is 0.512. The third-order valence-electron chi connectivity index (χ3n) is 2.22. The van der Waals surface area contributed by atoms with E-state index in [1.54, 1.807) is 12.1 Å². The fourth-order valence-electron chi connectivity index (χ4n) is 1.08. The molecule has 0 heterocycles. The van der Waals surface area contributed by atoms with Crippen LogP contribution in [-0.2, 0) is 9.73 Å². The Balaban J connectivity index is 3.25. The van der Waals surface area contributed by atoms with Crippen LogP contribution in [0.4, 0.5) is 0 Å². The Morgan fingerprint density at radius 1 is 1.14 bits per heavy atom. The lowest BCUT2D eigenvalue weighted by atomic mass is 10.2. The van der Waals surface area contributed by atoms with Gasteiger partial charge >= 0.3 is 0 Å². The quantitative estimate of drug-likeness (QED) is 0.761. The largest absolute Gasteiger partial charge is 0.248 e. The fourth-order valence-corrected chi connectivity index (χ4v) is 2.31. The molecule has 0 aliphatic carbocycles. The van der Waals surface area contributed by atoms with E-state index in [9.17, 15) is 4.21 Å². The number of aryl methyl sites for hydroxylation is 1. The van der Waals surface area contributed by atoms with E-state index in [4.69, 9.17) is 4.78 Å². The van der Waals surface area contributed by atoms with Gasteiger partial charge in [-0.25, -0.2) is 8.99 Å². The third-order valence-corrected chi connectivity index (χ3v) is 4.88. The molecule has 0 amide bonds. The van der Waals surface area contributed by atoms with Gasteiger partial charge in [-0.15, -0.1) is 0 Å². The number of hydrogen-bond donors (Lipinski definition) is 1. The van der Waals surface area contributed by atoms with Crippen molar-refractivity contribution in [2.45, 2.75) is 37.3 Å². The first kappa shape index (κ1) is 11.2. The van der Waals surface area contributed by atoms with Gasteiger partial charge in [0.1, 0.15) is 0 Å². The van der Waals surface area contributed by atoms with Gasteiger partial charge in [-0.05, 0) is 39.8 Å². The normalized spacial score (nSPS) is 16.3. The molecule has 0 spiro atoms. The van der Waals surface area contributed by atoms with Crippen molar-refractivity contribution in [1.29, 1.82) is 4.78 Å².